The van der Waals surface area contributed by atoms with E-state index >= 15 is 0 Å². The summed E-state index contributed by atoms with van der Waals surface area (Å²) < 4.78 is 65.7. The third-order valence-electron chi connectivity index (χ3n) is 6.76. The van der Waals surface area contributed by atoms with Gasteiger partial charge in [-0.05, 0) is 45.2 Å². The molecule has 0 aliphatic heterocycles. The molecular formula is C29H32F2N6O4S. The fourth-order valence-corrected chi connectivity index (χ4v) is 5.30. The van der Waals surface area contributed by atoms with Gasteiger partial charge in [-0.15, -0.1) is 0 Å². The molecule has 0 bridgehead atoms. The molecule has 1 N–H and O–H groups in total. The van der Waals surface area contributed by atoms with Crippen molar-refractivity contribution in [2.75, 3.05) is 30.5 Å². The number of nitrogens with one attached hydrogen (secondary N) is 1. The first-order valence-electron chi connectivity index (χ1n) is 13.7. The highest BCUT2D eigenvalue weighted by Gasteiger charge is 2.32. The van der Waals surface area contributed by atoms with Crippen molar-refractivity contribution < 1.29 is 26.7 Å². The second kappa shape index (κ2) is 12.4. The van der Waals surface area contributed by atoms with Gasteiger partial charge in [-0.3, -0.25) is 9.67 Å². The molecular weight excluding hydrogens is 566 g/mol. The summed E-state index contributed by atoms with van der Waals surface area (Å²) in [6.07, 6.45) is 8.16. The van der Waals surface area contributed by atoms with Crippen LogP contribution in [0.2, 0.25) is 0 Å². The smallest absolute Gasteiger partial charge is 0.182 e. The van der Waals surface area contributed by atoms with E-state index in [-0.39, 0.29) is 36.1 Å². The molecule has 0 spiro atoms. The van der Waals surface area contributed by atoms with Crippen molar-refractivity contribution >= 4 is 21.3 Å². The third-order valence-corrected chi connectivity index (χ3v) is 7.79. The molecule has 3 aromatic heterocycles. The summed E-state index contributed by atoms with van der Waals surface area (Å²) in [5, 5.41) is 7.95. The van der Waals surface area contributed by atoms with Crippen LogP contribution in [-0.4, -0.2) is 58.4 Å². The lowest BCUT2D eigenvalue weighted by Gasteiger charge is -2.13. The van der Waals surface area contributed by atoms with Crippen LogP contribution in [0, 0.1) is 18.6 Å². The van der Waals surface area contributed by atoms with E-state index in [1.54, 1.807) is 36.1 Å². The van der Waals surface area contributed by atoms with Gasteiger partial charge in [0.05, 0.1) is 31.7 Å². The minimum atomic E-state index is -3.12. The summed E-state index contributed by atoms with van der Waals surface area (Å²) in [5.74, 6) is -0.0438. The van der Waals surface area contributed by atoms with Crippen molar-refractivity contribution in [2.24, 2.45) is 0 Å². The molecule has 0 unspecified atom stereocenters. The Labute approximate surface area is 243 Å². The SMILES string of the molecule is CCOc1cc(F)c(Cn2nc(-c3ncc(OCCCS(C)(=O)=O)c(Nc4ccncc4)n3)c(C)c2C2CC2)c(F)c1. The number of pyridine rings is 1. The zero-order chi connectivity index (χ0) is 29.9. The van der Waals surface area contributed by atoms with E-state index in [1.165, 1.54) is 24.6 Å². The van der Waals surface area contributed by atoms with Crippen molar-refractivity contribution in [3.63, 3.8) is 0 Å². The number of rotatable bonds is 13. The summed E-state index contributed by atoms with van der Waals surface area (Å²) in [6.45, 7) is 4.01. The summed E-state index contributed by atoms with van der Waals surface area (Å²) in [7, 11) is -3.12. The van der Waals surface area contributed by atoms with Crippen LogP contribution >= 0.6 is 0 Å². The molecule has 0 saturated heterocycles. The van der Waals surface area contributed by atoms with Crippen molar-refractivity contribution in [1.82, 2.24) is 24.7 Å². The lowest BCUT2D eigenvalue weighted by atomic mass is 10.1. The second-order valence-electron chi connectivity index (χ2n) is 10.2. The van der Waals surface area contributed by atoms with Crippen LogP contribution < -0.4 is 14.8 Å². The molecule has 5 rings (SSSR count). The van der Waals surface area contributed by atoms with Gasteiger partial charge in [0.2, 0.25) is 0 Å². The fraction of sp³-hybridized carbons (Fsp3) is 0.379. The molecule has 0 amide bonds. The van der Waals surface area contributed by atoms with Gasteiger partial charge in [0.1, 0.15) is 32.9 Å². The van der Waals surface area contributed by atoms with Crippen LogP contribution in [0.5, 0.6) is 11.5 Å². The number of sulfone groups is 1. The average molecular weight is 599 g/mol. The van der Waals surface area contributed by atoms with Gasteiger partial charge in [0, 0.05) is 59.2 Å². The maximum atomic E-state index is 14.9. The van der Waals surface area contributed by atoms with Gasteiger partial charge < -0.3 is 14.8 Å². The number of ether oxygens (including phenoxy) is 2. The minimum Gasteiger partial charge on any atom is -0.494 e. The molecule has 1 fully saturated rings. The number of benzene rings is 1. The first kappa shape index (κ1) is 29.4. The number of anilines is 2. The molecule has 1 aromatic carbocycles. The predicted molar refractivity (Wildman–Crippen MR) is 154 cm³/mol. The van der Waals surface area contributed by atoms with E-state index in [2.05, 4.69) is 15.3 Å². The molecule has 1 aliphatic carbocycles. The Hall–Kier alpha value is -4.13. The summed E-state index contributed by atoms with van der Waals surface area (Å²) in [4.78, 5) is 13.2. The Morgan fingerprint density at radius 1 is 1.12 bits per heavy atom. The van der Waals surface area contributed by atoms with Crippen LogP contribution in [0.25, 0.3) is 11.5 Å². The minimum absolute atomic E-state index is 0.00479. The lowest BCUT2D eigenvalue weighted by molar-refractivity contribution is 0.317. The molecule has 3 heterocycles. The van der Waals surface area contributed by atoms with Gasteiger partial charge in [-0.2, -0.15) is 5.10 Å². The lowest BCUT2D eigenvalue weighted by Crippen LogP contribution is -2.10. The summed E-state index contributed by atoms with van der Waals surface area (Å²) in [6, 6.07) is 5.90. The van der Waals surface area contributed by atoms with Gasteiger partial charge in [0.15, 0.2) is 17.4 Å². The normalized spacial score (nSPS) is 13.3. The molecule has 222 valence electrons. The highest BCUT2D eigenvalue weighted by Crippen LogP contribution is 2.44. The molecule has 42 heavy (non-hydrogen) atoms. The quantitative estimate of drug-likeness (QED) is 0.207. The standard InChI is InChI=1S/C29H32F2N6O4S/c1-4-40-21-14-23(30)22(24(31)15-21)17-37-27(19-6-7-19)18(2)26(36-37)29-33-16-25(41-12-5-13-42(3,38)39)28(35-29)34-20-8-10-32-11-9-20/h8-11,14-16,19H,4-7,12-13,17H2,1-3H3,(H,32,33,34,35). The first-order valence-corrected chi connectivity index (χ1v) is 15.7. The molecule has 0 atom stereocenters. The fourth-order valence-electron chi connectivity index (χ4n) is 4.66. The number of halogens is 2. The molecule has 1 saturated carbocycles. The van der Waals surface area contributed by atoms with Gasteiger partial charge in [0.25, 0.3) is 0 Å². The van der Waals surface area contributed by atoms with E-state index in [4.69, 9.17) is 19.6 Å². The molecule has 1 aliphatic rings. The van der Waals surface area contributed by atoms with Crippen LogP contribution in [0.15, 0.2) is 42.9 Å². The zero-order valence-electron chi connectivity index (χ0n) is 23.6. The van der Waals surface area contributed by atoms with Crippen LogP contribution in [0.4, 0.5) is 20.3 Å². The van der Waals surface area contributed by atoms with Gasteiger partial charge in [-0.1, -0.05) is 0 Å². The topological polar surface area (TPSA) is 121 Å². The first-order chi connectivity index (χ1) is 20.1. The van der Waals surface area contributed by atoms with E-state index in [1.807, 2.05) is 6.92 Å². The van der Waals surface area contributed by atoms with Crippen LogP contribution in [0.1, 0.15) is 48.9 Å². The van der Waals surface area contributed by atoms with Crippen molar-refractivity contribution in [3.05, 3.63) is 71.3 Å². The Balaban J connectivity index is 1.48. The predicted octanol–water partition coefficient (Wildman–Crippen LogP) is 5.20. The van der Waals surface area contributed by atoms with Crippen LogP contribution in [0.3, 0.4) is 0 Å². The number of aromatic nitrogens is 5. The number of hydrogen-bond donors (Lipinski definition) is 1. The second-order valence-corrected chi connectivity index (χ2v) is 12.4. The Kier molecular flexibility index (Phi) is 8.66. The van der Waals surface area contributed by atoms with Crippen molar-refractivity contribution in [3.8, 4) is 23.0 Å². The molecule has 13 heteroatoms. The van der Waals surface area contributed by atoms with E-state index in [9.17, 15) is 17.2 Å². The number of hydrogen-bond acceptors (Lipinski definition) is 9. The molecule has 4 aromatic rings. The average Bonchev–Trinajstić information content (AvgIpc) is 3.72. The largest absolute Gasteiger partial charge is 0.494 e. The van der Waals surface area contributed by atoms with Gasteiger partial charge in [-0.25, -0.2) is 27.2 Å². The van der Waals surface area contributed by atoms with Crippen molar-refractivity contribution in [1.29, 1.82) is 0 Å². The Bertz CT molecular complexity index is 1650. The van der Waals surface area contributed by atoms with Crippen molar-refractivity contribution in [2.45, 2.75) is 45.6 Å². The maximum absolute atomic E-state index is 14.9. The van der Waals surface area contributed by atoms with E-state index in [0.717, 1.165) is 24.1 Å². The molecule has 0 radical (unpaired) electrons. The Morgan fingerprint density at radius 3 is 2.48 bits per heavy atom. The summed E-state index contributed by atoms with van der Waals surface area (Å²) >= 11 is 0. The van der Waals surface area contributed by atoms with E-state index in [0.29, 0.717) is 41.8 Å². The third kappa shape index (κ3) is 7.01. The Morgan fingerprint density at radius 2 is 1.83 bits per heavy atom. The van der Waals surface area contributed by atoms with Gasteiger partial charge >= 0.3 is 0 Å². The monoisotopic (exact) mass is 598 g/mol. The molecule has 10 nitrogen and oxygen atoms in total. The summed E-state index contributed by atoms with van der Waals surface area (Å²) in [5.41, 5.74) is 2.82. The zero-order valence-corrected chi connectivity index (χ0v) is 24.4. The van der Waals surface area contributed by atoms with E-state index < -0.39 is 21.5 Å². The highest BCUT2D eigenvalue weighted by molar-refractivity contribution is 7.90. The number of nitrogens with zero attached hydrogens (tertiary/aromatic N) is 5. The maximum Gasteiger partial charge on any atom is 0.182 e. The van der Waals surface area contributed by atoms with Crippen LogP contribution in [-0.2, 0) is 16.4 Å². The highest BCUT2D eigenvalue weighted by atomic mass is 32.2.